The van der Waals surface area contributed by atoms with Crippen LogP contribution in [0.25, 0.3) is 0 Å². The molecular formula is C11H23N. The van der Waals surface area contributed by atoms with E-state index in [1.165, 1.54) is 32.5 Å². The van der Waals surface area contributed by atoms with E-state index in [9.17, 15) is 0 Å². The van der Waals surface area contributed by atoms with Crippen molar-refractivity contribution in [1.82, 2.24) is 4.90 Å². The van der Waals surface area contributed by atoms with E-state index >= 15 is 0 Å². The van der Waals surface area contributed by atoms with E-state index in [1.807, 2.05) is 0 Å². The first-order chi connectivity index (χ1) is 5.62. The molecule has 0 aromatic rings. The second-order valence-corrected chi connectivity index (χ2v) is 4.59. The third-order valence-electron chi connectivity index (χ3n) is 3.73. The molecule has 0 aliphatic carbocycles. The second kappa shape index (κ2) is 3.78. The van der Waals surface area contributed by atoms with Crippen LogP contribution in [0.2, 0.25) is 0 Å². The highest BCUT2D eigenvalue weighted by Gasteiger charge is 2.33. The maximum Gasteiger partial charge on any atom is 0.0110 e. The van der Waals surface area contributed by atoms with Crippen LogP contribution in [-0.4, -0.2) is 24.5 Å². The van der Waals surface area contributed by atoms with E-state index in [0.29, 0.717) is 5.41 Å². The highest BCUT2D eigenvalue weighted by molar-refractivity contribution is 4.86. The van der Waals surface area contributed by atoms with Crippen LogP contribution in [0.3, 0.4) is 0 Å². The van der Waals surface area contributed by atoms with Gasteiger partial charge in [0.15, 0.2) is 0 Å². The van der Waals surface area contributed by atoms with Gasteiger partial charge in [0, 0.05) is 19.6 Å². The van der Waals surface area contributed by atoms with Crippen molar-refractivity contribution >= 4 is 0 Å². The summed E-state index contributed by atoms with van der Waals surface area (Å²) >= 11 is 0. The molecule has 0 amide bonds. The Hall–Kier alpha value is -0.0400. The summed E-state index contributed by atoms with van der Waals surface area (Å²) in [5.74, 6) is 0.864. The van der Waals surface area contributed by atoms with Crippen molar-refractivity contribution in [3.8, 4) is 0 Å². The fourth-order valence-corrected chi connectivity index (χ4v) is 1.85. The van der Waals surface area contributed by atoms with Gasteiger partial charge in [0.05, 0.1) is 0 Å². The first kappa shape index (κ1) is 10.0. The first-order valence-corrected chi connectivity index (χ1v) is 5.34. The number of hydrogen-bond donors (Lipinski definition) is 0. The van der Waals surface area contributed by atoms with Crippen molar-refractivity contribution in [1.29, 1.82) is 0 Å². The van der Waals surface area contributed by atoms with Crippen LogP contribution in [0.1, 0.15) is 40.5 Å². The van der Waals surface area contributed by atoms with Gasteiger partial charge in [0.2, 0.25) is 0 Å². The molecule has 1 heterocycles. The van der Waals surface area contributed by atoms with Crippen molar-refractivity contribution in [2.24, 2.45) is 11.3 Å². The fraction of sp³-hybridized carbons (Fsp3) is 1.00. The van der Waals surface area contributed by atoms with Crippen molar-refractivity contribution in [3.05, 3.63) is 0 Å². The van der Waals surface area contributed by atoms with Crippen molar-refractivity contribution in [2.75, 3.05) is 19.6 Å². The van der Waals surface area contributed by atoms with E-state index in [-0.39, 0.29) is 0 Å². The molecule has 1 fully saturated rings. The predicted molar refractivity (Wildman–Crippen MR) is 54.3 cm³/mol. The Morgan fingerprint density at radius 3 is 2.25 bits per heavy atom. The molecule has 1 aliphatic rings. The topological polar surface area (TPSA) is 3.01 Å². The minimum Gasteiger partial charge on any atom is -0.300 e. The predicted octanol–water partition coefficient (Wildman–Crippen LogP) is 2.76. The van der Waals surface area contributed by atoms with E-state index in [1.54, 1.807) is 0 Å². The van der Waals surface area contributed by atoms with E-state index in [2.05, 4.69) is 32.6 Å². The molecule has 0 N–H and O–H groups in total. The number of nitrogens with zero attached hydrogens (tertiary/aromatic N) is 1. The number of hydrogen-bond acceptors (Lipinski definition) is 1. The van der Waals surface area contributed by atoms with Gasteiger partial charge in [0.1, 0.15) is 0 Å². The fourth-order valence-electron chi connectivity index (χ4n) is 1.85. The van der Waals surface area contributed by atoms with E-state index < -0.39 is 0 Å². The minimum absolute atomic E-state index is 0.561. The Labute approximate surface area is 77.1 Å². The van der Waals surface area contributed by atoms with Crippen LogP contribution in [0, 0.1) is 11.3 Å². The molecule has 0 aromatic carbocycles. The summed E-state index contributed by atoms with van der Waals surface area (Å²) in [4.78, 5) is 2.55. The molecule has 0 aromatic heterocycles. The molecule has 0 saturated carbocycles. The van der Waals surface area contributed by atoms with Crippen LogP contribution in [0.5, 0.6) is 0 Å². The molecule has 1 saturated heterocycles. The van der Waals surface area contributed by atoms with Gasteiger partial charge in [-0.1, -0.05) is 34.1 Å². The molecule has 1 aliphatic heterocycles. The van der Waals surface area contributed by atoms with Crippen LogP contribution in [0.4, 0.5) is 0 Å². The Kier molecular flexibility index (Phi) is 3.16. The Bertz CT molecular complexity index is 140. The van der Waals surface area contributed by atoms with E-state index in [0.717, 1.165) is 5.92 Å². The Morgan fingerprint density at radius 1 is 1.33 bits per heavy atom. The third-order valence-corrected chi connectivity index (χ3v) is 3.73. The lowest BCUT2D eigenvalue weighted by Gasteiger charge is -2.34. The summed E-state index contributed by atoms with van der Waals surface area (Å²) in [7, 11) is 0. The lowest BCUT2D eigenvalue weighted by atomic mass is 9.74. The van der Waals surface area contributed by atoms with Gasteiger partial charge in [-0.15, -0.1) is 0 Å². The summed E-state index contributed by atoms with van der Waals surface area (Å²) in [6, 6.07) is 0. The Balaban J connectivity index is 2.46. The van der Waals surface area contributed by atoms with Crippen LogP contribution in [-0.2, 0) is 0 Å². The van der Waals surface area contributed by atoms with Crippen LogP contribution < -0.4 is 0 Å². The van der Waals surface area contributed by atoms with Crippen molar-refractivity contribution < 1.29 is 0 Å². The highest BCUT2D eigenvalue weighted by Crippen LogP contribution is 2.35. The summed E-state index contributed by atoms with van der Waals surface area (Å²) < 4.78 is 0. The molecule has 72 valence electrons. The van der Waals surface area contributed by atoms with Gasteiger partial charge < -0.3 is 4.90 Å². The second-order valence-electron chi connectivity index (χ2n) is 4.59. The largest absolute Gasteiger partial charge is 0.300 e. The summed E-state index contributed by atoms with van der Waals surface area (Å²) in [6.07, 6.45) is 2.64. The van der Waals surface area contributed by atoms with Gasteiger partial charge in [0.25, 0.3) is 0 Å². The quantitative estimate of drug-likeness (QED) is 0.572. The SMILES string of the molecule is CCC(C)C(C)(CC)CN1CC1. The van der Waals surface area contributed by atoms with Gasteiger partial charge in [-0.25, -0.2) is 0 Å². The average molecular weight is 169 g/mol. The normalized spacial score (nSPS) is 25.0. The maximum atomic E-state index is 2.55. The molecule has 1 rings (SSSR count). The van der Waals surface area contributed by atoms with Gasteiger partial charge in [-0.05, 0) is 17.8 Å². The summed E-state index contributed by atoms with van der Waals surface area (Å²) in [6.45, 7) is 13.5. The lowest BCUT2D eigenvalue weighted by Crippen LogP contribution is -2.32. The van der Waals surface area contributed by atoms with Gasteiger partial charge in [-0.2, -0.15) is 0 Å². The summed E-state index contributed by atoms with van der Waals surface area (Å²) in [5, 5.41) is 0. The molecular weight excluding hydrogens is 146 g/mol. The molecule has 0 bridgehead atoms. The standard InChI is InChI=1S/C11H23N/c1-5-10(3)11(4,6-2)9-12-7-8-12/h10H,5-9H2,1-4H3. The average Bonchev–Trinajstić information content (AvgIpc) is 2.86. The van der Waals surface area contributed by atoms with Gasteiger partial charge in [-0.3, -0.25) is 0 Å². The summed E-state index contributed by atoms with van der Waals surface area (Å²) in [5.41, 5.74) is 0.561. The zero-order valence-corrected chi connectivity index (χ0v) is 9.06. The zero-order chi connectivity index (χ0) is 9.19. The molecule has 0 radical (unpaired) electrons. The Morgan fingerprint density at radius 2 is 1.92 bits per heavy atom. The smallest absolute Gasteiger partial charge is 0.0110 e. The molecule has 1 nitrogen and oxygen atoms in total. The van der Waals surface area contributed by atoms with Crippen molar-refractivity contribution in [3.63, 3.8) is 0 Å². The number of rotatable bonds is 5. The molecule has 2 unspecified atom stereocenters. The maximum absolute atomic E-state index is 2.55. The van der Waals surface area contributed by atoms with Crippen LogP contribution >= 0.6 is 0 Å². The van der Waals surface area contributed by atoms with Gasteiger partial charge >= 0.3 is 0 Å². The first-order valence-electron chi connectivity index (χ1n) is 5.34. The van der Waals surface area contributed by atoms with Crippen LogP contribution in [0.15, 0.2) is 0 Å². The molecule has 12 heavy (non-hydrogen) atoms. The highest BCUT2D eigenvalue weighted by atomic mass is 15.3. The van der Waals surface area contributed by atoms with Crippen molar-refractivity contribution in [2.45, 2.75) is 40.5 Å². The molecule has 1 heteroatoms. The molecule has 0 spiro atoms. The zero-order valence-electron chi connectivity index (χ0n) is 9.06. The molecule has 2 atom stereocenters. The van der Waals surface area contributed by atoms with E-state index in [4.69, 9.17) is 0 Å². The lowest BCUT2D eigenvalue weighted by molar-refractivity contribution is 0.155. The third kappa shape index (κ3) is 2.22. The minimum atomic E-state index is 0.561. The monoisotopic (exact) mass is 169 g/mol.